The second-order valence-electron chi connectivity index (χ2n) is 6.52. The van der Waals surface area contributed by atoms with E-state index in [-0.39, 0.29) is 0 Å². The molecule has 14 heavy (non-hydrogen) atoms. The minimum Gasteiger partial charge on any atom is -0.0527 e. The van der Waals surface area contributed by atoms with Crippen molar-refractivity contribution in [2.24, 2.45) is 35.5 Å². The number of rotatable bonds is 0. The third-order valence-electron chi connectivity index (χ3n) is 6.18. The van der Waals surface area contributed by atoms with Crippen molar-refractivity contribution in [3.05, 3.63) is 0 Å². The van der Waals surface area contributed by atoms with Crippen molar-refractivity contribution in [2.45, 2.75) is 51.4 Å². The molecule has 4 unspecified atom stereocenters. The molecule has 0 spiro atoms. The summed E-state index contributed by atoms with van der Waals surface area (Å²) in [6.07, 6.45) is 12.8. The van der Waals surface area contributed by atoms with Crippen molar-refractivity contribution in [2.75, 3.05) is 0 Å². The fourth-order valence-electron chi connectivity index (χ4n) is 5.93. The van der Waals surface area contributed by atoms with Gasteiger partial charge in [-0.25, -0.2) is 0 Å². The van der Waals surface area contributed by atoms with Crippen LogP contribution in [-0.4, -0.2) is 0 Å². The van der Waals surface area contributed by atoms with Gasteiger partial charge in [0, 0.05) is 0 Å². The van der Waals surface area contributed by atoms with Gasteiger partial charge in [0.2, 0.25) is 0 Å². The van der Waals surface area contributed by atoms with E-state index in [1.54, 1.807) is 51.4 Å². The summed E-state index contributed by atoms with van der Waals surface area (Å²) < 4.78 is 0. The summed E-state index contributed by atoms with van der Waals surface area (Å²) in [4.78, 5) is 0. The predicted octanol–water partition coefficient (Wildman–Crippen LogP) is 3.86. The van der Waals surface area contributed by atoms with Gasteiger partial charge in [-0.15, -0.1) is 0 Å². The Hall–Kier alpha value is 0. The van der Waals surface area contributed by atoms with Gasteiger partial charge in [-0.3, -0.25) is 0 Å². The highest BCUT2D eigenvalue weighted by Crippen LogP contribution is 2.63. The summed E-state index contributed by atoms with van der Waals surface area (Å²) in [5, 5.41) is 0. The number of hydrogen-bond acceptors (Lipinski definition) is 0. The normalized spacial score (nSPS) is 60.0. The van der Waals surface area contributed by atoms with Crippen LogP contribution in [-0.2, 0) is 0 Å². The van der Waals surface area contributed by atoms with E-state index < -0.39 is 0 Å². The molecule has 0 N–H and O–H groups in total. The van der Waals surface area contributed by atoms with Crippen LogP contribution < -0.4 is 0 Å². The van der Waals surface area contributed by atoms with Crippen molar-refractivity contribution in [3.8, 4) is 0 Å². The first-order valence-corrected chi connectivity index (χ1v) is 6.93. The molecule has 0 aliphatic heterocycles. The first-order valence-electron chi connectivity index (χ1n) is 6.93. The molecule has 78 valence electrons. The van der Waals surface area contributed by atoms with Gasteiger partial charge in [-0.2, -0.15) is 0 Å². The van der Waals surface area contributed by atoms with Crippen LogP contribution in [0.3, 0.4) is 0 Å². The van der Waals surface area contributed by atoms with Gasteiger partial charge in [-0.1, -0.05) is 25.7 Å². The highest BCUT2D eigenvalue weighted by Gasteiger charge is 2.55. The maximum atomic E-state index is 1.64. The lowest BCUT2D eigenvalue weighted by Crippen LogP contribution is -2.18. The van der Waals surface area contributed by atoms with Crippen molar-refractivity contribution >= 4 is 0 Å². The molecule has 0 heteroatoms. The summed E-state index contributed by atoms with van der Waals surface area (Å²) in [6, 6.07) is 0. The summed E-state index contributed by atoms with van der Waals surface area (Å²) in [6.45, 7) is 0. The Bertz CT molecular complexity index is 220. The highest BCUT2D eigenvalue weighted by molar-refractivity contribution is 5.04. The Balaban J connectivity index is 1.65. The minimum atomic E-state index is 1.19. The van der Waals surface area contributed by atoms with E-state index in [9.17, 15) is 0 Å². The molecule has 0 nitrogen and oxygen atoms in total. The lowest BCUT2D eigenvalue weighted by molar-refractivity contribution is 0.241. The largest absolute Gasteiger partial charge is 0.0527 e. The molecule has 0 bridgehead atoms. The summed E-state index contributed by atoms with van der Waals surface area (Å²) >= 11 is 0. The average molecular weight is 190 g/mol. The smallest absolute Gasteiger partial charge is 0.0324 e. The summed E-state index contributed by atoms with van der Waals surface area (Å²) in [5.74, 6) is 7.19. The maximum Gasteiger partial charge on any atom is -0.0324 e. The Morgan fingerprint density at radius 3 is 1.71 bits per heavy atom. The summed E-state index contributed by atoms with van der Waals surface area (Å²) in [7, 11) is 0. The van der Waals surface area contributed by atoms with Gasteiger partial charge in [0.05, 0.1) is 0 Å². The van der Waals surface area contributed by atoms with Crippen LogP contribution in [0.25, 0.3) is 0 Å². The molecule has 4 aliphatic rings. The monoisotopic (exact) mass is 190 g/mol. The highest BCUT2D eigenvalue weighted by atomic mass is 14.6. The van der Waals surface area contributed by atoms with Crippen LogP contribution in [0.15, 0.2) is 0 Å². The predicted molar refractivity (Wildman–Crippen MR) is 57.9 cm³/mol. The third kappa shape index (κ3) is 0.907. The molecule has 4 fully saturated rings. The van der Waals surface area contributed by atoms with Crippen LogP contribution in [0.4, 0.5) is 0 Å². The van der Waals surface area contributed by atoms with Crippen LogP contribution >= 0.6 is 0 Å². The standard InChI is InChI=1S/C14H22/c1-3-9-7-11-8-10-4-2-6-13(10)14(11)12(9)5-1/h9-14H,1-8H2. The second kappa shape index (κ2) is 2.77. The first kappa shape index (κ1) is 8.19. The molecule has 4 atom stereocenters. The van der Waals surface area contributed by atoms with Gasteiger partial charge in [-0.05, 0) is 61.2 Å². The van der Waals surface area contributed by atoms with Crippen LogP contribution in [0.5, 0.6) is 0 Å². The van der Waals surface area contributed by atoms with Crippen LogP contribution in [0, 0.1) is 35.5 Å². The minimum absolute atomic E-state index is 1.19. The zero-order valence-electron chi connectivity index (χ0n) is 9.12. The molecule has 0 saturated heterocycles. The SMILES string of the molecule is C1CC2CC3CC4CCCC4C3C2C1. The van der Waals surface area contributed by atoms with E-state index in [4.69, 9.17) is 0 Å². The summed E-state index contributed by atoms with van der Waals surface area (Å²) in [5.41, 5.74) is 0. The van der Waals surface area contributed by atoms with E-state index in [1.165, 1.54) is 35.5 Å². The Morgan fingerprint density at radius 2 is 1.14 bits per heavy atom. The topological polar surface area (TPSA) is 0 Å². The van der Waals surface area contributed by atoms with Gasteiger partial charge >= 0.3 is 0 Å². The van der Waals surface area contributed by atoms with Gasteiger partial charge < -0.3 is 0 Å². The van der Waals surface area contributed by atoms with Crippen molar-refractivity contribution in [1.82, 2.24) is 0 Å². The van der Waals surface area contributed by atoms with E-state index >= 15 is 0 Å². The zero-order valence-corrected chi connectivity index (χ0v) is 9.12. The lowest BCUT2D eigenvalue weighted by Gasteiger charge is -2.24. The van der Waals surface area contributed by atoms with Crippen molar-refractivity contribution in [1.29, 1.82) is 0 Å². The fraction of sp³-hybridized carbons (Fsp3) is 1.00. The Kier molecular flexibility index (Phi) is 1.62. The fourth-order valence-corrected chi connectivity index (χ4v) is 5.93. The number of hydrogen-bond donors (Lipinski definition) is 0. The number of fused-ring (bicyclic) bond motifs is 5. The molecule has 0 aromatic heterocycles. The third-order valence-corrected chi connectivity index (χ3v) is 6.18. The van der Waals surface area contributed by atoms with Crippen molar-refractivity contribution < 1.29 is 0 Å². The molecular formula is C14H22. The Labute approximate surface area is 87.5 Å². The molecule has 0 aromatic carbocycles. The van der Waals surface area contributed by atoms with Gasteiger partial charge in [0.15, 0.2) is 0 Å². The first-order chi connectivity index (χ1) is 6.93. The van der Waals surface area contributed by atoms with Gasteiger partial charge in [0.1, 0.15) is 0 Å². The molecule has 4 saturated carbocycles. The Morgan fingerprint density at radius 1 is 0.571 bits per heavy atom. The average Bonchev–Trinajstić information content (AvgIpc) is 2.77. The molecule has 0 aromatic rings. The second-order valence-corrected chi connectivity index (χ2v) is 6.52. The molecule has 4 aliphatic carbocycles. The van der Waals surface area contributed by atoms with E-state index in [0.717, 1.165) is 0 Å². The molecule has 4 rings (SSSR count). The molecule has 0 amide bonds. The van der Waals surface area contributed by atoms with Gasteiger partial charge in [0.25, 0.3) is 0 Å². The van der Waals surface area contributed by atoms with E-state index in [1.807, 2.05) is 0 Å². The maximum absolute atomic E-state index is 1.64. The van der Waals surface area contributed by atoms with Crippen molar-refractivity contribution in [3.63, 3.8) is 0 Å². The quantitative estimate of drug-likeness (QED) is 0.544. The van der Waals surface area contributed by atoms with Crippen LogP contribution in [0.1, 0.15) is 51.4 Å². The zero-order chi connectivity index (χ0) is 9.12. The lowest BCUT2D eigenvalue weighted by atomic mass is 9.81. The molecule has 0 heterocycles. The van der Waals surface area contributed by atoms with E-state index in [0.29, 0.717) is 0 Å². The van der Waals surface area contributed by atoms with E-state index in [2.05, 4.69) is 0 Å². The van der Waals surface area contributed by atoms with Crippen LogP contribution in [0.2, 0.25) is 0 Å². The molecular weight excluding hydrogens is 168 g/mol. The molecule has 0 radical (unpaired) electrons.